The van der Waals surface area contributed by atoms with Crippen molar-refractivity contribution in [3.05, 3.63) is 47.9 Å². The van der Waals surface area contributed by atoms with Gasteiger partial charge in [-0.1, -0.05) is 30.3 Å². The number of para-hydroxylation sites is 1. The first-order valence-corrected chi connectivity index (χ1v) is 5.56. The van der Waals surface area contributed by atoms with Crippen LogP contribution in [0.2, 0.25) is 0 Å². The molecular weight excluding hydrogens is 216 g/mol. The first-order chi connectivity index (χ1) is 8.29. The fraction of sp³-hybridized carbons (Fsp3) is 0.231. The molecule has 0 bridgehead atoms. The number of rotatable bonds is 4. The molecule has 0 unspecified atom stereocenters. The number of nitrogens with one attached hydrogen (secondary N) is 1. The van der Waals surface area contributed by atoms with E-state index in [1.54, 1.807) is 6.07 Å². The summed E-state index contributed by atoms with van der Waals surface area (Å²) >= 11 is 0. The molecule has 88 valence electrons. The zero-order valence-corrected chi connectivity index (χ0v) is 9.64. The van der Waals surface area contributed by atoms with Crippen molar-refractivity contribution < 1.29 is 9.32 Å². The maximum Gasteiger partial charge on any atom is 0.230 e. The Morgan fingerprint density at radius 1 is 1.35 bits per heavy atom. The Labute approximate surface area is 99.6 Å². The minimum Gasteiger partial charge on any atom is -0.364 e. The second kappa shape index (κ2) is 5.30. The predicted molar refractivity (Wildman–Crippen MR) is 64.7 cm³/mol. The van der Waals surface area contributed by atoms with Crippen molar-refractivity contribution >= 4 is 11.6 Å². The van der Waals surface area contributed by atoms with Gasteiger partial charge in [0.05, 0.1) is 12.1 Å². The van der Waals surface area contributed by atoms with Crippen molar-refractivity contribution in [3.8, 4) is 0 Å². The second-order valence-electron chi connectivity index (χ2n) is 3.73. The standard InChI is InChI=1S/C13H14N2O2/c1-2-10-5-3-4-6-12(10)14-13(16)9-11-7-8-17-15-11/h3-8H,2,9H2,1H3,(H,14,16). The van der Waals surface area contributed by atoms with Crippen LogP contribution < -0.4 is 5.32 Å². The molecule has 1 aromatic carbocycles. The van der Waals surface area contributed by atoms with Gasteiger partial charge in [0.2, 0.25) is 5.91 Å². The molecule has 1 heterocycles. The van der Waals surface area contributed by atoms with E-state index in [0.717, 1.165) is 17.7 Å². The van der Waals surface area contributed by atoms with Crippen LogP contribution in [0.1, 0.15) is 18.2 Å². The van der Waals surface area contributed by atoms with Crippen LogP contribution in [0, 0.1) is 0 Å². The zero-order chi connectivity index (χ0) is 12.1. The van der Waals surface area contributed by atoms with Gasteiger partial charge in [0.15, 0.2) is 0 Å². The van der Waals surface area contributed by atoms with Crippen LogP contribution in [-0.4, -0.2) is 11.1 Å². The average Bonchev–Trinajstić information content (AvgIpc) is 2.82. The summed E-state index contributed by atoms with van der Waals surface area (Å²) in [5, 5.41) is 6.58. The molecule has 0 aliphatic rings. The summed E-state index contributed by atoms with van der Waals surface area (Å²) in [5.74, 6) is -0.0835. The minimum absolute atomic E-state index is 0.0835. The van der Waals surface area contributed by atoms with Crippen LogP contribution in [0.5, 0.6) is 0 Å². The highest BCUT2D eigenvalue weighted by Gasteiger charge is 2.08. The van der Waals surface area contributed by atoms with Gasteiger partial charge in [0.25, 0.3) is 0 Å². The van der Waals surface area contributed by atoms with Crippen LogP contribution in [0.25, 0.3) is 0 Å². The lowest BCUT2D eigenvalue weighted by molar-refractivity contribution is -0.115. The molecule has 1 aromatic heterocycles. The molecule has 4 heteroatoms. The van der Waals surface area contributed by atoms with Gasteiger partial charge in [-0.05, 0) is 18.1 Å². The van der Waals surface area contributed by atoms with E-state index in [9.17, 15) is 4.79 Å². The smallest absolute Gasteiger partial charge is 0.230 e. The van der Waals surface area contributed by atoms with E-state index in [2.05, 4.69) is 21.9 Å². The van der Waals surface area contributed by atoms with Crippen molar-refractivity contribution in [1.29, 1.82) is 0 Å². The number of amides is 1. The summed E-state index contributed by atoms with van der Waals surface area (Å²) in [6.07, 6.45) is 2.58. The number of hydrogen-bond donors (Lipinski definition) is 1. The number of carbonyl (C=O) groups excluding carboxylic acids is 1. The molecular formula is C13H14N2O2. The van der Waals surface area contributed by atoms with Gasteiger partial charge in [-0.3, -0.25) is 4.79 Å². The lowest BCUT2D eigenvalue weighted by atomic mass is 10.1. The molecule has 0 radical (unpaired) electrons. The van der Waals surface area contributed by atoms with Crippen molar-refractivity contribution in [1.82, 2.24) is 5.16 Å². The number of aryl methyl sites for hydroxylation is 1. The van der Waals surface area contributed by atoms with Gasteiger partial charge >= 0.3 is 0 Å². The van der Waals surface area contributed by atoms with Gasteiger partial charge in [0.1, 0.15) is 6.26 Å². The van der Waals surface area contributed by atoms with Gasteiger partial charge in [-0.25, -0.2) is 0 Å². The maximum atomic E-state index is 11.8. The van der Waals surface area contributed by atoms with Crippen LogP contribution >= 0.6 is 0 Å². The van der Waals surface area contributed by atoms with Crippen LogP contribution in [0.3, 0.4) is 0 Å². The minimum atomic E-state index is -0.0835. The van der Waals surface area contributed by atoms with Crippen molar-refractivity contribution in [2.45, 2.75) is 19.8 Å². The number of hydrogen-bond acceptors (Lipinski definition) is 3. The zero-order valence-electron chi connectivity index (χ0n) is 9.64. The Bertz CT molecular complexity index is 492. The highest BCUT2D eigenvalue weighted by Crippen LogP contribution is 2.15. The Balaban J connectivity index is 2.03. The second-order valence-corrected chi connectivity index (χ2v) is 3.73. The summed E-state index contributed by atoms with van der Waals surface area (Å²) < 4.78 is 4.68. The van der Waals surface area contributed by atoms with E-state index in [4.69, 9.17) is 0 Å². The molecule has 0 saturated heterocycles. The van der Waals surface area contributed by atoms with Crippen LogP contribution in [0.4, 0.5) is 5.69 Å². The van der Waals surface area contributed by atoms with E-state index in [0.29, 0.717) is 5.69 Å². The van der Waals surface area contributed by atoms with Crippen molar-refractivity contribution in [2.75, 3.05) is 5.32 Å². The Morgan fingerprint density at radius 3 is 2.88 bits per heavy atom. The van der Waals surface area contributed by atoms with Crippen LogP contribution in [0.15, 0.2) is 41.1 Å². The third-order valence-electron chi connectivity index (χ3n) is 2.51. The largest absolute Gasteiger partial charge is 0.364 e. The van der Waals surface area contributed by atoms with E-state index >= 15 is 0 Å². The van der Waals surface area contributed by atoms with E-state index in [1.165, 1.54) is 6.26 Å². The quantitative estimate of drug-likeness (QED) is 0.877. The Morgan fingerprint density at radius 2 is 2.18 bits per heavy atom. The number of anilines is 1. The fourth-order valence-corrected chi connectivity index (χ4v) is 1.64. The van der Waals surface area contributed by atoms with Gasteiger partial charge in [-0.15, -0.1) is 0 Å². The van der Waals surface area contributed by atoms with Gasteiger partial charge < -0.3 is 9.84 Å². The summed E-state index contributed by atoms with van der Waals surface area (Å²) in [5.41, 5.74) is 2.63. The monoisotopic (exact) mass is 230 g/mol. The summed E-state index contributed by atoms with van der Waals surface area (Å²) in [7, 11) is 0. The molecule has 0 aliphatic carbocycles. The Hall–Kier alpha value is -2.10. The third-order valence-corrected chi connectivity index (χ3v) is 2.51. The lowest BCUT2D eigenvalue weighted by Crippen LogP contribution is -2.15. The molecule has 1 N–H and O–H groups in total. The number of nitrogens with zero attached hydrogens (tertiary/aromatic N) is 1. The summed E-state index contributed by atoms with van der Waals surface area (Å²) in [4.78, 5) is 11.8. The molecule has 2 rings (SSSR count). The normalized spacial score (nSPS) is 10.2. The molecule has 0 spiro atoms. The average molecular weight is 230 g/mol. The molecule has 0 saturated carbocycles. The fourth-order valence-electron chi connectivity index (χ4n) is 1.64. The highest BCUT2D eigenvalue weighted by molar-refractivity contribution is 5.92. The van der Waals surface area contributed by atoms with Crippen molar-refractivity contribution in [2.24, 2.45) is 0 Å². The molecule has 4 nitrogen and oxygen atoms in total. The number of aromatic nitrogens is 1. The predicted octanol–water partition coefficient (Wildman–Crippen LogP) is 2.42. The number of benzene rings is 1. The molecule has 2 aromatic rings. The van der Waals surface area contributed by atoms with E-state index < -0.39 is 0 Å². The van der Waals surface area contributed by atoms with Crippen molar-refractivity contribution in [3.63, 3.8) is 0 Å². The first kappa shape index (κ1) is 11.4. The molecule has 17 heavy (non-hydrogen) atoms. The maximum absolute atomic E-state index is 11.8. The van der Waals surface area contributed by atoms with E-state index in [1.807, 2.05) is 24.3 Å². The molecule has 0 atom stereocenters. The molecule has 0 fully saturated rings. The Kier molecular flexibility index (Phi) is 3.55. The van der Waals surface area contributed by atoms with Crippen LogP contribution in [-0.2, 0) is 17.6 Å². The van der Waals surface area contributed by atoms with Gasteiger partial charge in [0, 0.05) is 11.8 Å². The lowest BCUT2D eigenvalue weighted by Gasteiger charge is -2.08. The first-order valence-electron chi connectivity index (χ1n) is 5.56. The third kappa shape index (κ3) is 2.93. The SMILES string of the molecule is CCc1ccccc1NC(=O)Cc1ccon1. The molecule has 0 aliphatic heterocycles. The highest BCUT2D eigenvalue weighted by atomic mass is 16.5. The topological polar surface area (TPSA) is 55.1 Å². The molecule has 1 amide bonds. The number of carbonyl (C=O) groups is 1. The van der Waals surface area contributed by atoms with Gasteiger partial charge in [-0.2, -0.15) is 0 Å². The summed E-state index contributed by atoms with van der Waals surface area (Å²) in [6.45, 7) is 2.06. The van der Waals surface area contributed by atoms with E-state index in [-0.39, 0.29) is 12.3 Å². The summed E-state index contributed by atoms with van der Waals surface area (Å²) in [6, 6.07) is 9.47.